The van der Waals surface area contributed by atoms with E-state index in [1.54, 1.807) is 43.2 Å². The van der Waals surface area contributed by atoms with Crippen LogP contribution in [0.15, 0.2) is 30.7 Å². The molecule has 0 saturated heterocycles. The Morgan fingerprint density at radius 2 is 1.91 bits per heavy atom. The lowest BCUT2D eigenvalue weighted by Crippen LogP contribution is -2.06. The molecule has 1 aromatic carbocycles. The zero-order chi connectivity index (χ0) is 15.7. The molecule has 7 nitrogen and oxygen atoms in total. The number of rotatable bonds is 4. The molecule has 2 heterocycles. The molecule has 0 fully saturated rings. The molecule has 0 amide bonds. The van der Waals surface area contributed by atoms with Crippen molar-refractivity contribution in [2.45, 2.75) is 0 Å². The summed E-state index contributed by atoms with van der Waals surface area (Å²) in [5, 5.41) is 4.73. The van der Waals surface area contributed by atoms with Gasteiger partial charge < -0.3 is 9.47 Å². The number of nitrogens with zero attached hydrogens (tertiary/aromatic N) is 4. The summed E-state index contributed by atoms with van der Waals surface area (Å²) >= 11 is 0. The van der Waals surface area contributed by atoms with Crippen molar-refractivity contribution < 1.29 is 14.3 Å². The summed E-state index contributed by atoms with van der Waals surface area (Å²) in [5.74, 6) is 0.833. The van der Waals surface area contributed by atoms with E-state index >= 15 is 0 Å². The van der Waals surface area contributed by atoms with Crippen molar-refractivity contribution in [2.24, 2.45) is 7.05 Å². The van der Waals surface area contributed by atoms with Crippen molar-refractivity contribution in [3.63, 3.8) is 0 Å². The third-order valence-corrected chi connectivity index (χ3v) is 3.39. The number of carbonyl (C=O) groups is 1. The molecule has 0 atom stereocenters. The Bertz CT molecular complexity index is 857. The molecule has 22 heavy (non-hydrogen) atoms. The molecule has 0 aliphatic heterocycles. The monoisotopic (exact) mass is 298 g/mol. The molecule has 0 unspecified atom stereocenters. The molecule has 3 rings (SSSR count). The number of ether oxygens (including phenoxy) is 2. The second-order valence-electron chi connectivity index (χ2n) is 4.63. The maximum Gasteiger partial charge on any atom is 0.212 e. The van der Waals surface area contributed by atoms with Crippen LogP contribution in [0.5, 0.6) is 11.5 Å². The topological polar surface area (TPSA) is 79.1 Å². The number of hydrogen-bond acceptors (Lipinski definition) is 6. The summed E-state index contributed by atoms with van der Waals surface area (Å²) in [6.45, 7) is 0. The van der Waals surface area contributed by atoms with E-state index < -0.39 is 0 Å². The van der Waals surface area contributed by atoms with Crippen LogP contribution >= 0.6 is 0 Å². The fourth-order valence-corrected chi connectivity index (χ4v) is 2.26. The lowest BCUT2D eigenvalue weighted by atomic mass is 10.1. The molecule has 112 valence electrons. The van der Waals surface area contributed by atoms with E-state index in [0.717, 1.165) is 0 Å². The van der Waals surface area contributed by atoms with Crippen LogP contribution in [-0.2, 0) is 7.05 Å². The van der Waals surface area contributed by atoms with Crippen LogP contribution in [0, 0.1) is 0 Å². The van der Waals surface area contributed by atoms with E-state index in [2.05, 4.69) is 15.1 Å². The quantitative estimate of drug-likeness (QED) is 0.681. The van der Waals surface area contributed by atoms with Gasteiger partial charge in [0.25, 0.3) is 0 Å². The van der Waals surface area contributed by atoms with E-state index in [-0.39, 0.29) is 5.78 Å². The van der Waals surface area contributed by atoms with Crippen LogP contribution in [0.3, 0.4) is 0 Å². The zero-order valence-electron chi connectivity index (χ0n) is 12.4. The number of ketones is 1. The third kappa shape index (κ3) is 2.16. The minimum Gasteiger partial charge on any atom is -0.493 e. The van der Waals surface area contributed by atoms with Crippen molar-refractivity contribution >= 4 is 16.8 Å². The number of aryl methyl sites for hydroxylation is 1. The summed E-state index contributed by atoms with van der Waals surface area (Å²) < 4.78 is 12.0. The predicted molar refractivity (Wildman–Crippen MR) is 79.3 cm³/mol. The second-order valence-corrected chi connectivity index (χ2v) is 4.63. The van der Waals surface area contributed by atoms with Gasteiger partial charge in [-0.25, -0.2) is 9.97 Å². The number of fused-ring (bicyclic) bond motifs is 1. The van der Waals surface area contributed by atoms with Crippen molar-refractivity contribution in [2.75, 3.05) is 14.2 Å². The summed E-state index contributed by atoms with van der Waals surface area (Å²) in [7, 11) is 4.83. The fraction of sp³-hybridized carbons (Fsp3) is 0.200. The lowest BCUT2D eigenvalue weighted by Gasteiger charge is -2.09. The molecule has 3 aromatic rings. The van der Waals surface area contributed by atoms with Crippen LogP contribution in [0.25, 0.3) is 11.0 Å². The number of carbonyl (C=O) groups excluding carboxylic acids is 1. The first kappa shape index (κ1) is 14.0. The van der Waals surface area contributed by atoms with Crippen molar-refractivity contribution in [1.82, 2.24) is 19.7 Å². The number of hydrogen-bond donors (Lipinski definition) is 0. The van der Waals surface area contributed by atoms with Gasteiger partial charge in [0.2, 0.25) is 5.78 Å². The van der Waals surface area contributed by atoms with Gasteiger partial charge in [-0.3, -0.25) is 9.48 Å². The van der Waals surface area contributed by atoms with Gasteiger partial charge in [0.05, 0.1) is 25.8 Å². The molecule has 0 aliphatic rings. The van der Waals surface area contributed by atoms with E-state index in [0.29, 0.717) is 33.8 Å². The van der Waals surface area contributed by atoms with E-state index in [4.69, 9.17) is 9.47 Å². The van der Waals surface area contributed by atoms with E-state index in [1.165, 1.54) is 13.4 Å². The Labute approximate surface area is 126 Å². The molecular weight excluding hydrogens is 284 g/mol. The lowest BCUT2D eigenvalue weighted by molar-refractivity contribution is 0.103. The molecule has 0 aliphatic carbocycles. The van der Waals surface area contributed by atoms with Gasteiger partial charge in [-0.1, -0.05) is 0 Å². The maximum atomic E-state index is 12.7. The first-order valence-electron chi connectivity index (χ1n) is 6.55. The van der Waals surface area contributed by atoms with Crippen molar-refractivity contribution in [3.05, 3.63) is 42.0 Å². The number of benzene rings is 1. The van der Waals surface area contributed by atoms with Crippen molar-refractivity contribution in [1.29, 1.82) is 0 Å². The summed E-state index contributed by atoms with van der Waals surface area (Å²) in [6, 6.07) is 4.99. The standard InChI is InChI=1S/C15H14N4O3/c1-19-15-10(7-18-19)13(16-8-17-15)14(20)9-4-5-11(21-2)12(6-9)22-3/h4-8H,1-3H3. The van der Waals surface area contributed by atoms with Gasteiger partial charge in [0.1, 0.15) is 12.0 Å². The fourth-order valence-electron chi connectivity index (χ4n) is 2.26. The van der Waals surface area contributed by atoms with Gasteiger partial charge in [-0.2, -0.15) is 5.10 Å². The minimum atomic E-state index is -0.221. The molecule has 0 saturated carbocycles. The highest BCUT2D eigenvalue weighted by Gasteiger charge is 2.18. The second kappa shape index (κ2) is 5.44. The first-order chi connectivity index (χ1) is 10.7. The largest absolute Gasteiger partial charge is 0.493 e. The molecule has 0 bridgehead atoms. The van der Waals surface area contributed by atoms with Crippen molar-refractivity contribution in [3.8, 4) is 11.5 Å². The SMILES string of the molecule is COc1ccc(C(=O)c2ncnc3c2cnn3C)cc1OC. The zero-order valence-corrected chi connectivity index (χ0v) is 12.4. The normalized spacial score (nSPS) is 10.7. The van der Waals surface area contributed by atoms with Gasteiger partial charge in [-0.05, 0) is 18.2 Å². The van der Waals surface area contributed by atoms with Gasteiger partial charge >= 0.3 is 0 Å². The molecule has 0 spiro atoms. The highest BCUT2D eigenvalue weighted by atomic mass is 16.5. The maximum absolute atomic E-state index is 12.7. The Morgan fingerprint density at radius 1 is 1.14 bits per heavy atom. The van der Waals surface area contributed by atoms with Crippen LogP contribution in [0.4, 0.5) is 0 Å². The van der Waals surface area contributed by atoms with Crippen LogP contribution in [0.2, 0.25) is 0 Å². The smallest absolute Gasteiger partial charge is 0.212 e. The molecule has 0 N–H and O–H groups in total. The molecule has 0 radical (unpaired) electrons. The number of methoxy groups -OCH3 is 2. The third-order valence-electron chi connectivity index (χ3n) is 3.39. The van der Waals surface area contributed by atoms with Gasteiger partial charge in [0, 0.05) is 12.6 Å². The Hall–Kier alpha value is -2.96. The summed E-state index contributed by atoms with van der Waals surface area (Å²) in [6.07, 6.45) is 2.95. The first-order valence-corrected chi connectivity index (χ1v) is 6.55. The number of aromatic nitrogens is 4. The van der Waals surface area contributed by atoms with Crippen LogP contribution in [0.1, 0.15) is 16.1 Å². The minimum absolute atomic E-state index is 0.221. The molecular formula is C15H14N4O3. The molecule has 2 aromatic heterocycles. The average molecular weight is 298 g/mol. The van der Waals surface area contributed by atoms with Crippen LogP contribution in [-0.4, -0.2) is 39.8 Å². The average Bonchev–Trinajstić information content (AvgIpc) is 2.95. The van der Waals surface area contributed by atoms with Crippen LogP contribution < -0.4 is 9.47 Å². The highest BCUT2D eigenvalue weighted by Crippen LogP contribution is 2.29. The van der Waals surface area contributed by atoms with Gasteiger partial charge in [0.15, 0.2) is 17.1 Å². The Balaban J connectivity index is 2.10. The predicted octanol–water partition coefficient (Wildman–Crippen LogP) is 1.61. The molecule has 7 heteroatoms. The van der Waals surface area contributed by atoms with E-state index in [9.17, 15) is 4.79 Å². The van der Waals surface area contributed by atoms with E-state index in [1.807, 2.05) is 0 Å². The Morgan fingerprint density at radius 3 is 2.64 bits per heavy atom. The highest BCUT2D eigenvalue weighted by molar-refractivity contribution is 6.14. The Kier molecular flexibility index (Phi) is 3.46. The summed E-state index contributed by atoms with van der Waals surface area (Å²) in [5.41, 5.74) is 1.38. The summed E-state index contributed by atoms with van der Waals surface area (Å²) in [4.78, 5) is 21.0. The van der Waals surface area contributed by atoms with Gasteiger partial charge in [-0.15, -0.1) is 0 Å².